The van der Waals surface area contributed by atoms with E-state index in [1.54, 1.807) is 11.1 Å². The van der Waals surface area contributed by atoms with E-state index in [4.69, 9.17) is 0 Å². The molecule has 0 saturated carbocycles. The molecule has 2 spiro atoms. The van der Waals surface area contributed by atoms with Gasteiger partial charge in [-0.25, -0.2) is 0 Å². The van der Waals surface area contributed by atoms with Crippen molar-refractivity contribution in [1.29, 1.82) is 0 Å². The number of rotatable bonds is 1. The first-order valence-electron chi connectivity index (χ1n) is 11.8. The summed E-state index contributed by atoms with van der Waals surface area (Å²) < 4.78 is 0. The standard InChI is InChI=1S/C27H32N4/c1-17(2)16-22-18-8-7-11-21-23(18)27-13-15-31(22)24-26(27,12-14-28-24)19-9-5-6-10-20(19)29(3)25(27)30(21)4/h5-11,16,22,24-25,28H,12-15H2,1-4H3/t22-,24-,25-,26+,27+/m1/s1. The number of allylic oxidation sites excluding steroid dienone is 1. The largest absolute Gasteiger partial charge is 0.353 e. The zero-order valence-corrected chi connectivity index (χ0v) is 19.0. The molecule has 0 aromatic heterocycles. The van der Waals surface area contributed by atoms with Crippen molar-refractivity contribution in [3.63, 3.8) is 0 Å². The van der Waals surface area contributed by atoms with Crippen molar-refractivity contribution in [2.75, 3.05) is 37.0 Å². The number of benzene rings is 2. The molecule has 31 heavy (non-hydrogen) atoms. The minimum atomic E-state index is 0.0961. The second-order valence-corrected chi connectivity index (χ2v) is 10.6. The van der Waals surface area contributed by atoms with Crippen molar-refractivity contribution >= 4 is 11.4 Å². The van der Waals surface area contributed by atoms with Gasteiger partial charge in [-0.15, -0.1) is 0 Å². The van der Waals surface area contributed by atoms with Crippen LogP contribution < -0.4 is 15.1 Å². The second-order valence-electron chi connectivity index (χ2n) is 10.6. The maximum atomic E-state index is 4.03. The second kappa shape index (κ2) is 5.73. The van der Waals surface area contributed by atoms with Crippen LogP contribution in [0.25, 0.3) is 0 Å². The number of hydrogen-bond donors (Lipinski definition) is 1. The number of para-hydroxylation sites is 1. The van der Waals surface area contributed by atoms with Gasteiger partial charge in [0.1, 0.15) is 6.17 Å². The molecule has 0 aliphatic carbocycles. The van der Waals surface area contributed by atoms with Crippen molar-refractivity contribution in [2.24, 2.45) is 0 Å². The third-order valence-corrected chi connectivity index (χ3v) is 9.22. The molecule has 6 heterocycles. The predicted octanol–water partition coefficient (Wildman–Crippen LogP) is 4.13. The number of piperidine rings is 1. The Morgan fingerprint density at radius 2 is 1.74 bits per heavy atom. The van der Waals surface area contributed by atoms with E-state index in [-0.39, 0.29) is 10.8 Å². The third kappa shape index (κ3) is 1.80. The van der Waals surface area contributed by atoms with Crippen LogP contribution in [0.5, 0.6) is 0 Å². The highest BCUT2D eigenvalue weighted by molar-refractivity contribution is 5.78. The SMILES string of the molecule is CC(C)=C[C@@H]1c2cccc3c2[C@]24CCN1[C@H]1NCC[C@]12c1ccccc1N(C)[C@@H]4N3C. The van der Waals surface area contributed by atoms with Gasteiger partial charge in [0, 0.05) is 37.4 Å². The summed E-state index contributed by atoms with van der Waals surface area (Å²) in [5, 5.41) is 4.03. The Kier molecular flexibility index (Phi) is 3.38. The number of nitrogens with zero attached hydrogens (tertiary/aromatic N) is 3. The molecular weight excluding hydrogens is 380 g/mol. The average molecular weight is 413 g/mol. The lowest BCUT2D eigenvalue weighted by Gasteiger charge is -2.63. The molecular formula is C27H32N4. The minimum Gasteiger partial charge on any atom is -0.353 e. The maximum absolute atomic E-state index is 4.03. The fraction of sp³-hybridized carbons (Fsp3) is 0.481. The molecule has 0 amide bonds. The molecule has 2 aromatic carbocycles. The van der Waals surface area contributed by atoms with Gasteiger partial charge in [0.2, 0.25) is 0 Å². The maximum Gasteiger partial charge on any atom is 0.112 e. The van der Waals surface area contributed by atoms with E-state index < -0.39 is 0 Å². The highest BCUT2D eigenvalue weighted by Gasteiger charge is 2.74. The average Bonchev–Trinajstić information content (AvgIpc) is 3.27. The van der Waals surface area contributed by atoms with Gasteiger partial charge < -0.3 is 15.1 Å². The summed E-state index contributed by atoms with van der Waals surface area (Å²) >= 11 is 0. The van der Waals surface area contributed by atoms with E-state index in [0.29, 0.717) is 18.4 Å². The predicted molar refractivity (Wildman–Crippen MR) is 127 cm³/mol. The molecule has 0 radical (unpaired) electrons. The van der Waals surface area contributed by atoms with Crippen LogP contribution in [0.15, 0.2) is 54.1 Å². The Labute approximate surface area is 185 Å². The zero-order chi connectivity index (χ0) is 21.1. The molecule has 1 N–H and O–H groups in total. The van der Waals surface area contributed by atoms with Gasteiger partial charge in [-0.3, -0.25) is 4.90 Å². The van der Waals surface area contributed by atoms with E-state index in [1.165, 1.54) is 35.4 Å². The van der Waals surface area contributed by atoms with E-state index >= 15 is 0 Å². The Balaban J connectivity index is 1.66. The molecule has 4 nitrogen and oxygen atoms in total. The highest BCUT2D eigenvalue weighted by Crippen LogP contribution is 2.70. The number of likely N-dealkylation sites (N-methyl/N-ethyl adjacent to an activating group) is 2. The van der Waals surface area contributed by atoms with Gasteiger partial charge >= 0.3 is 0 Å². The molecule has 6 aliphatic rings. The molecule has 2 bridgehead atoms. The van der Waals surface area contributed by atoms with Crippen LogP contribution in [0.1, 0.15) is 49.4 Å². The molecule has 6 atom stereocenters. The lowest BCUT2D eigenvalue weighted by atomic mass is 9.49. The summed E-state index contributed by atoms with van der Waals surface area (Å²) in [6, 6.07) is 16.7. The normalized spacial score (nSPS) is 38.5. The topological polar surface area (TPSA) is 21.8 Å². The minimum absolute atomic E-state index is 0.0961. The van der Waals surface area contributed by atoms with E-state index in [1.807, 2.05) is 0 Å². The first kappa shape index (κ1) is 18.3. The Morgan fingerprint density at radius 3 is 2.58 bits per heavy atom. The van der Waals surface area contributed by atoms with Gasteiger partial charge in [-0.2, -0.15) is 0 Å². The lowest BCUT2D eigenvalue weighted by molar-refractivity contribution is -0.00896. The highest BCUT2D eigenvalue weighted by atomic mass is 15.4. The number of fused-ring (bicyclic) bond motifs is 2. The molecule has 1 unspecified atom stereocenters. The van der Waals surface area contributed by atoms with Crippen molar-refractivity contribution in [2.45, 2.75) is 55.9 Å². The lowest BCUT2D eigenvalue weighted by Crippen LogP contribution is -2.74. The summed E-state index contributed by atoms with van der Waals surface area (Å²) in [7, 11) is 4.66. The summed E-state index contributed by atoms with van der Waals surface area (Å²) in [6.45, 7) is 6.74. The molecule has 160 valence electrons. The van der Waals surface area contributed by atoms with Crippen molar-refractivity contribution < 1.29 is 0 Å². The summed E-state index contributed by atoms with van der Waals surface area (Å²) in [6.07, 6.45) is 5.66. The summed E-state index contributed by atoms with van der Waals surface area (Å²) in [5.41, 5.74) is 9.20. The molecule has 8 rings (SSSR count). The Morgan fingerprint density at radius 1 is 0.968 bits per heavy atom. The van der Waals surface area contributed by atoms with Gasteiger partial charge in [0.05, 0.1) is 17.6 Å². The quantitative estimate of drug-likeness (QED) is 0.711. The van der Waals surface area contributed by atoms with E-state index in [9.17, 15) is 0 Å². The van der Waals surface area contributed by atoms with Crippen LogP contribution in [0.2, 0.25) is 0 Å². The zero-order valence-electron chi connectivity index (χ0n) is 19.0. The monoisotopic (exact) mass is 412 g/mol. The smallest absolute Gasteiger partial charge is 0.112 e. The molecule has 6 aliphatic heterocycles. The van der Waals surface area contributed by atoms with Gasteiger partial charge in [0.15, 0.2) is 0 Å². The molecule has 4 heteroatoms. The number of hydrogen-bond acceptors (Lipinski definition) is 4. The van der Waals surface area contributed by atoms with Crippen LogP contribution in [0.4, 0.5) is 11.4 Å². The van der Waals surface area contributed by atoms with Crippen LogP contribution >= 0.6 is 0 Å². The third-order valence-electron chi connectivity index (χ3n) is 9.22. The van der Waals surface area contributed by atoms with Gasteiger partial charge in [-0.1, -0.05) is 42.0 Å². The van der Waals surface area contributed by atoms with Crippen LogP contribution in [-0.4, -0.2) is 44.4 Å². The van der Waals surface area contributed by atoms with Crippen LogP contribution in [0.3, 0.4) is 0 Å². The Bertz CT molecular complexity index is 1130. The van der Waals surface area contributed by atoms with Crippen molar-refractivity contribution in [3.05, 3.63) is 70.8 Å². The molecule has 2 saturated heterocycles. The number of anilines is 2. The van der Waals surface area contributed by atoms with Crippen LogP contribution in [0, 0.1) is 0 Å². The van der Waals surface area contributed by atoms with E-state index in [0.717, 1.165) is 13.1 Å². The van der Waals surface area contributed by atoms with E-state index in [2.05, 4.69) is 96.5 Å². The molecule has 2 aromatic rings. The fourth-order valence-corrected chi connectivity index (χ4v) is 8.51. The van der Waals surface area contributed by atoms with Gasteiger partial charge in [-0.05, 0) is 62.1 Å². The summed E-state index contributed by atoms with van der Waals surface area (Å²) in [5.74, 6) is 0. The Hall–Kier alpha value is -2.30. The summed E-state index contributed by atoms with van der Waals surface area (Å²) in [4.78, 5) is 8.00. The van der Waals surface area contributed by atoms with Crippen molar-refractivity contribution in [3.8, 4) is 0 Å². The van der Waals surface area contributed by atoms with Crippen molar-refractivity contribution in [1.82, 2.24) is 10.2 Å². The molecule has 2 fully saturated rings. The van der Waals surface area contributed by atoms with Gasteiger partial charge in [0.25, 0.3) is 0 Å². The van der Waals surface area contributed by atoms with Crippen LogP contribution in [-0.2, 0) is 10.8 Å². The first-order chi connectivity index (χ1) is 15.0. The fourth-order valence-electron chi connectivity index (χ4n) is 8.51. The number of nitrogens with one attached hydrogen (secondary N) is 1. The first-order valence-corrected chi connectivity index (χ1v) is 11.8.